The van der Waals surface area contributed by atoms with E-state index in [-0.39, 0.29) is 18.8 Å². The molecule has 2 aromatic rings. The van der Waals surface area contributed by atoms with Crippen molar-refractivity contribution in [3.8, 4) is 0 Å². The van der Waals surface area contributed by atoms with Crippen LogP contribution in [0.3, 0.4) is 0 Å². The highest BCUT2D eigenvalue weighted by molar-refractivity contribution is 5.97. The Kier molecular flexibility index (Phi) is 3.85. The first-order valence-corrected chi connectivity index (χ1v) is 7.37. The van der Waals surface area contributed by atoms with Crippen molar-refractivity contribution in [1.82, 2.24) is 9.97 Å². The minimum Gasteiger partial charge on any atom is -0.478 e. The molecule has 0 saturated heterocycles. The third kappa shape index (κ3) is 3.23. The standard InChI is InChI=1S/C16H16FN3O3/c17-16(7-1-2-8-16)14(23)20-15-18-11-5-3-10(4-6-13(21)22)9-12(11)19-15/h3-6,9H,1-2,7-8H2,(H,21,22)(H2,18,19,20,23)/b6-4+. The lowest BCUT2D eigenvalue weighted by atomic mass is 10.0. The van der Waals surface area contributed by atoms with Gasteiger partial charge in [0.05, 0.1) is 11.0 Å². The number of alkyl halides is 1. The van der Waals surface area contributed by atoms with E-state index in [2.05, 4.69) is 15.3 Å². The monoisotopic (exact) mass is 317 g/mol. The first-order chi connectivity index (χ1) is 11.0. The van der Waals surface area contributed by atoms with Crippen molar-refractivity contribution in [2.24, 2.45) is 0 Å². The molecule has 6 nitrogen and oxygen atoms in total. The Bertz CT molecular complexity index is 791. The number of nitrogens with zero attached hydrogens (tertiary/aromatic N) is 1. The Morgan fingerprint density at radius 2 is 2.09 bits per heavy atom. The maximum atomic E-state index is 14.4. The van der Waals surface area contributed by atoms with Gasteiger partial charge in [0.25, 0.3) is 5.91 Å². The van der Waals surface area contributed by atoms with Gasteiger partial charge in [-0.25, -0.2) is 14.2 Å². The highest BCUT2D eigenvalue weighted by Gasteiger charge is 2.41. The topological polar surface area (TPSA) is 95.1 Å². The maximum absolute atomic E-state index is 14.4. The van der Waals surface area contributed by atoms with Crippen LogP contribution in [0.4, 0.5) is 10.3 Å². The third-order valence-corrected chi connectivity index (χ3v) is 3.96. The van der Waals surface area contributed by atoms with Gasteiger partial charge >= 0.3 is 5.97 Å². The van der Waals surface area contributed by atoms with Gasteiger partial charge in [-0.2, -0.15) is 0 Å². The molecule has 7 heteroatoms. The average molecular weight is 317 g/mol. The van der Waals surface area contributed by atoms with Gasteiger partial charge in [0.1, 0.15) is 0 Å². The van der Waals surface area contributed by atoms with Crippen molar-refractivity contribution >= 4 is 34.9 Å². The fourth-order valence-corrected chi connectivity index (χ4v) is 2.74. The molecular formula is C16H16FN3O3. The molecule has 0 atom stereocenters. The van der Waals surface area contributed by atoms with Crippen LogP contribution in [0.25, 0.3) is 17.1 Å². The fourth-order valence-electron chi connectivity index (χ4n) is 2.74. The predicted molar refractivity (Wildman–Crippen MR) is 83.7 cm³/mol. The molecule has 3 N–H and O–H groups in total. The smallest absolute Gasteiger partial charge is 0.328 e. The molecule has 23 heavy (non-hydrogen) atoms. The van der Waals surface area contributed by atoms with E-state index in [1.807, 2.05) is 0 Å². The van der Waals surface area contributed by atoms with E-state index in [4.69, 9.17) is 5.11 Å². The molecule has 0 unspecified atom stereocenters. The number of nitrogens with one attached hydrogen (secondary N) is 2. The quantitative estimate of drug-likeness (QED) is 0.756. The van der Waals surface area contributed by atoms with Gasteiger partial charge in [0.2, 0.25) is 5.95 Å². The molecule has 1 aromatic carbocycles. The number of hydrogen-bond acceptors (Lipinski definition) is 3. The zero-order chi connectivity index (χ0) is 16.4. The molecule has 0 bridgehead atoms. The summed E-state index contributed by atoms with van der Waals surface area (Å²) in [6.45, 7) is 0. The zero-order valence-corrected chi connectivity index (χ0v) is 12.3. The lowest BCUT2D eigenvalue weighted by Crippen LogP contribution is -2.36. The van der Waals surface area contributed by atoms with E-state index in [1.54, 1.807) is 18.2 Å². The lowest BCUT2D eigenvalue weighted by molar-refractivity contribution is -0.131. The number of carbonyl (C=O) groups excluding carboxylic acids is 1. The molecule has 0 aliphatic heterocycles. The van der Waals surface area contributed by atoms with Crippen molar-refractivity contribution in [3.05, 3.63) is 29.8 Å². The number of halogens is 1. The van der Waals surface area contributed by atoms with Gasteiger partial charge in [-0.1, -0.05) is 6.07 Å². The second-order valence-electron chi connectivity index (χ2n) is 5.66. The fraction of sp³-hybridized carbons (Fsp3) is 0.312. The molecular weight excluding hydrogens is 301 g/mol. The lowest BCUT2D eigenvalue weighted by Gasteiger charge is -2.16. The number of aromatic amines is 1. The van der Waals surface area contributed by atoms with Crippen molar-refractivity contribution in [2.45, 2.75) is 31.4 Å². The van der Waals surface area contributed by atoms with Gasteiger partial charge in [-0.15, -0.1) is 0 Å². The number of anilines is 1. The van der Waals surface area contributed by atoms with E-state index >= 15 is 0 Å². The van der Waals surface area contributed by atoms with Crippen molar-refractivity contribution in [1.29, 1.82) is 0 Å². The van der Waals surface area contributed by atoms with Crippen LogP contribution < -0.4 is 5.32 Å². The molecule has 1 fully saturated rings. The van der Waals surface area contributed by atoms with Crippen LogP contribution in [0.1, 0.15) is 31.2 Å². The Balaban J connectivity index is 1.80. The van der Waals surface area contributed by atoms with Crippen LogP contribution >= 0.6 is 0 Å². The highest BCUT2D eigenvalue weighted by atomic mass is 19.1. The number of carbonyl (C=O) groups is 2. The van der Waals surface area contributed by atoms with Gasteiger partial charge in [0.15, 0.2) is 5.67 Å². The average Bonchev–Trinajstić information content (AvgIpc) is 3.11. The highest BCUT2D eigenvalue weighted by Crippen LogP contribution is 2.34. The molecule has 0 spiro atoms. The summed E-state index contributed by atoms with van der Waals surface area (Å²) in [5.74, 6) is -1.51. The molecule has 1 heterocycles. The number of aliphatic carboxylic acids is 1. The SMILES string of the molecule is O=C(O)/C=C/c1ccc2nc(NC(=O)C3(F)CCCC3)[nH]c2c1. The van der Waals surface area contributed by atoms with Crippen molar-refractivity contribution in [3.63, 3.8) is 0 Å². The number of imidazole rings is 1. The number of rotatable bonds is 4. The number of carboxylic acids is 1. The van der Waals surface area contributed by atoms with Gasteiger partial charge in [0, 0.05) is 6.08 Å². The Morgan fingerprint density at radius 3 is 2.78 bits per heavy atom. The predicted octanol–water partition coefficient (Wildman–Crippen LogP) is 2.88. The van der Waals surface area contributed by atoms with Gasteiger partial charge in [-0.3, -0.25) is 10.1 Å². The van der Waals surface area contributed by atoms with Crippen LogP contribution in [0.5, 0.6) is 0 Å². The van der Waals surface area contributed by atoms with Gasteiger partial charge < -0.3 is 10.1 Å². The zero-order valence-electron chi connectivity index (χ0n) is 12.3. The first kappa shape index (κ1) is 15.2. The minimum absolute atomic E-state index is 0.188. The molecule has 1 amide bonds. The Labute approximate surface area is 131 Å². The summed E-state index contributed by atoms with van der Waals surface area (Å²) in [6, 6.07) is 5.11. The molecule has 3 rings (SSSR count). The summed E-state index contributed by atoms with van der Waals surface area (Å²) in [4.78, 5) is 29.7. The molecule has 1 aromatic heterocycles. The van der Waals surface area contributed by atoms with E-state index in [0.717, 1.165) is 6.08 Å². The summed E-state index contributed by atoms with van der Waals surface area (Å²) >= 11 is 0. The molecule has 1 saturated carbocycles. The first-order valence-electron chi connectivity index (χ1n) is 7.37. The van der Waals surface area contributed by atoms with E-state index in [9.17, 15) is 14.0 Å². The van der Waals surface area contributed by atoms with Crippen LogP contribution in [0.2, 0.25) is 0 Å². The Hall–Kier alpha value is -2.70. The van der Waals surface area contributed by atoms with Crippen molar-refractivity contribution in [2.75, 3.05) is 5.32 Å². The van der Waals surface area contributed by atoms with Gasteiger partial charge in [-0.05, 0) is 49.5 Å². The van der Waals surface area contributed by atoms with E-state index in [1.165, 1.54) is 6.08 Å². The maximum Gasteiger partial charge on any atom is 0.328 e. The minimum atomic E-state index is -1.81. The summed E-state index contributed by atoms with van der Waals surface area (Å²) in [6.07, 6.45) is 4.39. The Morgan fingerprint density at radius 1 is 1.35 bits per heavy atom. The third-order valence-electron chi connectivity index (χ3n) is 3.96. The van der Waals surface area contributed by atoms with Crippen molar-refractivity contribution < 1.29 is 19.1 Å². The van der Waals surface area contributed by atoms with Crippen LogP contribution in [-0.2, 0) is 9.59 Å². The second-order valence-corrected chi connectivity index (χ2v) is 5.66. The summed E-state index contributed by atoms with van der Waals surface area (Å²) < 4.78 is 14.4. The van der Waals surface area contributed by atoms with Crippen LogP contribution in [-0.4, -0.2) is 32.6 Å². The van der Waals surface area contributed by atoms with E-state index in [0.29, 0.717) is 29.4 Å². The van der Waals surface area contributed by atoms with Crippen LogP contribution in [0.15, 0.2) is 24.3 Å². The number of fused-ring (bicyclic) bond motifs is 1. The number of amides is 1. The van der Waals surface area contributed by atoms with E-state index < -0.39 is 17.5 Å². The van der Waals surface area contributed by atoms with Crippen LogP contribution in [0, 0.1) is 0 Å². The number of benzene rings is 1. The molecule has 0 radical (unpaired) electrons. The number of H-pyrrole nitrogens is 1. The molecule has 1 aliphatic carbocycles. The largest absolute Gasteiger partial charge is 0.478 e. The number of carboxylic acid groups (broad SMARTS) is 1. The molecule has 1 aliphatic rings. The number of aromatic nitrogens is 2. The molecule has 120 valence electrons. The summed E-state index contributed by atoms with van der Waals surface area (Å²) in [5, 5.41) is 11.1. The number of hydrogen-bond donors (Lipinski definition) is 3. The second kappa shape index (κ2) is 5.83. The summed E-state index contributed by atoms with van der Waals surface area (Å²) in [7, 11) is 0. The normalized spacial score (nSPS) is 16.9. The summed E-state index contributed by atoms with van der Waals surface area (Å²) in [5.41, 5.74) is 0.104.